The number of benzene rings is 1. The van der Waals surface area contributed by atoms with Crippen molar-refractivity contribution in [3.63, 3.8) is 0 Å². The van der Waals surface area contributed by atoms with E-state index in [2.05, 4.69) is 31.1 Å². The fourth-order valence-corrected chi connectivity index (χ4v) is 2.94. The van der Waals surface area contributed by atoms with Crippen molar-refractivity contribution >= 4 is 0 Å². The van der Waals surface area contributed by atoms with Gasteiger partial charge in [-0.05, 0) is 32.4 Å². The zero-order valence-electron chi connectivity index (χ0n) is 12.5. The molecule has 0 saturated carbocycles. The predicted molar refractivity (Wildman–Crippen MR) is 79.0 cm³/mol. The molecule has 1 aliphatic heterocycles. The maximum atomic E-state index is 13.6. The molecule has 2 rings (SSSR count). The Morgan fingerprint density at radius 3 is 2.80 bits per heavy atom. The summed E-state index contributed by atoms with van der Waals surface area (Å²) in [6.45, 7) is 5.88. The highest BCUT2D eigenvalue weighted by Crippen LogP contribution is 2.22. The molecule has 1 saturated heterocycles. The maximum Gasteiger partial charge on any atom is 0.129 e. The van der Waals surface area contributed by atoms with Crippen LogP contribution in [0.4, 0.5) is 4.39 Å². The van der Waals surface area contributed by atoms with Gasteiger partial charge in [0.25, 0.3) is 0 Å². The van der Waals surface area contributed by atoms with Crippen LogP contribution in [0, 0.1) is 11.7 Å². The van der Waals surface area contributed by atoms with Gasteiger partial charge in [0.1, 0.15) is 5.82 Å². The molecular formula is C16H25FN2O. The van der Waals surface area contributed by atoms with Crippen molar-refractivity contribution < 1.29 is 9.50 Å². The third-order valence-corrected chi connectivity index (χ3v) is 4.45. The standard InChI is InChI=1S/C16H25FN2O/c1-11-10-19(3)12(2)8-15(11)18-9-16(20)13-6-4-5-7-14(13)17/h4-7,11-12,15-16,18,20H,8-10H2,1-3H3. The summed E-state index contributed by atoms with van der Waals surface area (Å²) >= 11 is 0. The van der Waals surface area contributed by atoms with E-state index in [0.717, 1.165) is 13.0 Å². The Bertz CT molecular complexity index is 440. The van der Waals surface area contributed by atoms with Gasteiger partial charge in [-0.2, -0.15) is 0 Å². The quantitative estimate of drug-likeness (QED) is 0.887. The molecule has 0 bridgehead atoms. The Hall–Kier alpha value is -0.970. The first-order chi connectivity index (χ1) is 9.49. The number of aliphatic hydroxyl groups is 1. The van der Waals surface area contributed by atoms with Crippen LogP contribution in [0.15, 0.2) is 24.3 Å². The second-order valence-corrected chi connectivity index (χ2v) is 6.05. The lowest BCUT2D eigenvalue weighted by molar-refractivity contribution is 0.105. The van der Waals surface area contributed by atoms with Crippen molar-refractivity contribution in [2.24, 2.45) is 5.92 Å². The van der Waals surface area contributed by atoms with E-state index in [4.69, 9.17) is 0 Å². The van der Waals surface area contributed by atoms with Crippen LogP contribution in [0.25, 0.3) is 0 Å². The van der Waals surface area contributed by atoms with Gasteiger partial charge in [0.15, 0.2) is 0 Å². The number of hydrogen-bond acceptors (Lipinski definition) is 3. The highest BCUT2D eigenvalue weighted by molar-refractivity contribution is 5.20. The normalized spacial score (nSPS) is 29.4. The van der Waals surface area contributed by atoms with Gasteiger partial charge in [0, 0.05) is 30.7 Å². The van der Waals surface area contributed by atoms with Crippen LogP contribution in [0.1, 0.15) is 31.9 Å². The number of piperidine rings is 1. The lowest BCUT2D eigenvalue weighted by Crippen LogP contribution is -2.51. The van der Waals surface area contributed by atoms with Gasteiger partial charge in [-0.15, -0.1) is 0 Å². The van der Waals surface area contributed by atoms with Gasteiger partial charge in [0.05, 0.1) is 6.10 Å². The summed E-state index contributed by atoms with van der Waals surface area (Å²) in [7, 11) is 2.14. The second-order valence-electron chi connectivity index (χ2n) is 6.05. The molecule has 1 aliphatic rings. The number of nitrogens with zero attached hydrogens (tertiary/aromatic N) is 1. The molecule has 0 spiro atoms. The minimum absolute atomic E-state index is 0.341. The van der Waals surface area contributed by atoms with Crippen molar-refractivity contribution in [2.75, 3.05) is 20.1 Å². The molecule has 2 N–H and O–H groups in total. The molecule has 3 nitrogen and oxygen atoms in total. The number of rotatable bonds is 4. The van der Waals surface area contributed by atoms with Crippen LogP contribution in [0.3, 0.4) is 0 Å². The first kappa shape index (κ1) is 15.4. The second kappa shape index (κ2) is 6.66. The number of halogens is 1. The maximum absolute atomic E-state index is 13.6. The van der Waals surface area contributed by atoms with Gasteiger partial charge >= 0.3 is 0 Å². The molecule has 0 aliphatic carbocycles. The monoisotopic (exact) mass is 280 g/mol. The van der Waals surface area contributed by atoms with Crippen LogP contribution >= 0.6 is 0 Å². The molecular weight excluding hydrogens is 255 g/mol. The number of aliphatic hydroxyl groups excluding tert-OH is 1. The number of hydrogen-bond donors (Lipinski definition) is 2. The minimum Gasteiger partial charge on any atom is -0.387 e. The number of nitrogens with one attached hydrogen (secondary N) is 1. The Kier molecular flexibility index (Phi) is 5.13. The van der Waals surface area contributed by atoms with Crippen molar-refractivity contribution in [3.8, 4) is 0 Å². The molecule has 0 radical (unpaired) electrons. The fraction of sp³-hybridized carbons (Fsp3) is 0.625. The van der Waals surface area contributed by atoms with Crippen molar-refractivity contribution in [3.05, 3.63) is 35.6 Å². The molecule has 4 heteroatoms. The van der Waals surface area contributed by atoms with E-state index in [0.29, 0.717) is 30.1 Å². The Morgan fingerprint density at radius 1 is 1.40 bits per heavy atom. The Balaban J connectivity index is 1.90. The molecule has 4 unspecified atom stereocenters. The minimum atomic E-state index is -0.793. The summed E-state index contributed by atoms with van der Waals surface area (Å²) in [4.78, 5) is 2.36. The molecule has 1 aromatic carbocycles. The van der Waals surface area contributed by atoms with E-state index in [1.807, 2.05) is 0 Å². The average molecular weight is 280 g/mol. The summed E-state index contributed by atoms with van der Waals surface area (Å²) in [5.74, 6) is 0.190. The van der Waals surface area contributed by atoms with Gasteiger partial charge < -0.3 is 15.3 Å². The molecule has 0 amide bonds. The zero-order chi connectivity index (χ0) is 14.7. The van der Waals surface area contributed by atoms with E-state index in [1.54, 1.807) is 18.2 Å². The lowest BCUT2D eigenvalue weighted by Gasteiger charge is -2.40. The smallest absolute Gasteiger partial charge is 0.129 e. The molecule has 1 fully saturated rings. The van der Waals surface area contributed by atoms with Gasteiger partial charge in [-0.25, -0.2) is 4.39 Å². The molecule has 0 aromatic heterocycles. The molecule has 1 heterocycles. The summed E-state index contributed by atoms with van der Waals surface area (Å²) in [6.07, 6.45) is 0.264. The highest BCUT2D eigenvalue weighted by Gasteiger charge is 2.29. The first-order valence-electron chi connectivity index (χ1n) is 7.35. The SMILES string of the molecule is CC1CN(C)C(C)CC1NCC(O)c1ccccc1F. The zero-order valence-corrected chi connectivity index (χ0v) is 12.5. The molecule has 1 aromatic rings. The van der Waals surface area contributed by atoms with Crippen molar-refractivity contribution in [1.82, 2.24) is 10.2 Å². The first-order valence-corrected chi connectivity index (χ1v) is 7.35. The summed E-state index contributed by atoms with van der Waals surface area (Å²) in [5.41, 5.74) is 0.369. The summed E-state index contributed by atoms with van der Waals surface area (Å²) in [6, 6.07) is 7.33. The molecule has 4 atom stereocenters. The summed E-state index contributed by atoms with van der Waals surface area (Å²) in [5, 5.41) is 13.5. The van der Waals surface area contributed by atoms with Crippen molar-refractivity contribution in [2.45, 2.75) is 38.5 Å². The van der Waals surface area contributed by atoms with E-state index < -0.39 is 6.10 Å². The summed E-state index contributed by atoms with van der Waals surface area (Å²) < 4.78 is 13.6. The largest absolute Gasteiger partial charge is 0.387 e. The highest BCUT2D eigenvalue weighted by atomic mass is 19.1. The van der Waals surface area contributed by atoms with Crippen LogP contribution < -0.4 is 5.32 Å². The average Bonchev–Trinajstić information content (AvgIpc) is 2.41. The predicted octanol–water partition coefficient (Wildman–Crippen LogP) is 2.18. The van der Waals surface area contributed by atoms with Crippen LogP contribution in [-0.4, -0.2) is 42.2 Å². The lowest BCUT2D eigenvalue weighted by atomic mass is 9.89. The van der Waals surface area contributed by atoms with Crippen molar-refractivity contribution in [1.29, 1.82) is 0 Å². The third-order valence-electron chi connectivity index (χ3n) is 4.45. The topological polar surface area (TPSA) is 35.5 Å². The molecule has 20 heavy (non-hydrogen) atoms. The van der Waals surface area contributed by atoms with E-state index >= 15 is 0 Å². The third kappa shape index (κ3) is 3.57. The van der Waals surface area contributed by atoms with E-state index in [9.17, 15) is 9.50 Å². The molecule has 112 valence electrons. The number of likely N-dealkylation sites (tertiary alicyclic amines) is 1. The van der Waals surface area contributed by atoms with Crippen LogP contribution in [0.2, 0.25) is 0 Å². The van der Waals surface area contributed by atoms with Crippen LogP contribution in [0.5, 0.6) is 0 Å². The van der Waals surface area contributed by atoms with Crippen LogP contribution in [-0.2, 0) is 0 Å². The van der Waals surface area contributed by atoms with Gasteiger partial charge in [0.2, 0.25) is 0 Å². The van der Waals surface area contributed by atoms with E-state index in [-0.39, 0.29) is 5.82 Å². The fourth-order valence-electron chi connectivity index (χ4n) is 2.94. The Morgan fingerprint density at radius 2 is 2.10 bits per heavy atom. The Labute approximate surface area is 120 Å². The van der Waals surface area contributed by atoms with Gasteiger partial charge in [-0.1, -0.05) is 25.1 Å². The van der Waals surface area contributed by atoms with E-state index in [1.165, 1.54) is 6.07 Å². The van der Waals surface area contributed by atoms with Gasteiger partial charge in [-0.3, -0.25) is 0 Å².